The van der Waals surface area contributed by atoms with E-state index in [9.17, 15) is 0 Å². The van der Waals surface area contributed by atoms with Crippen LogP contribution in [0.15, 0.2) is 162 Å². The molecule has 0 spiro atoms. The van der Waals surface area contributed by atoms with Crippen LogP contribution >= 0.6 is 0 Å². The molecule has 0 saturated carbocycles. The summed E-state index contributed by atoms with van der Waals surface area (Å²) in [5.74, 6) is 1.85. The van der Waals surface area contributed by atoms with Crippen LogP contribution in [0.5, 0.6) is 0 Å². The highest BCUT2D eigenvalue weighted by atomic mass is 16.3. The van der Waals surface area contributed by atoms with Gasteiger partial charge in [0.15, 0.2) is 17.5 Å². The Labute approximate surface area is 267 Å². The maximum absolute atomic E-state index is 6.63. The van der Waals surface area contributed by atoms with Gasteiger partial charge in [-0.1, -0.05) is 151 Å². The fourth-order valence-electron chi connectivity index (χ4n) is 5.96. The number of benzene rings is 5. The third kappa shape index (κ3) is 5.16. The molecule has 0 aliphatic heterocycles. The molecular weight excluding hydrogens is 562 g/mol. The van der Waals surface area contributed by atoms with Crippen LogP contribution in [-0.2, 0) is 0 Å². The molecule has 0 radical (unpaired) electrons. The van der Waals surface area contributed by atoms with Gasteiger partial charge in [-0.3, -0.25) is 0 Å². The Balaban J connectivity index is 1.36. The van der Waals surface area contributed by atoms with Gasteiger partial charge in [0.25, 0.3) is 0 Å². The largest absolute Gasteiger partial charge is 0.455 e. The summed E-state index contributed by atoms with van der Waals surface area (Å²) < 4.78 is 6.63. The summed E-state index contributed by atoms with van der Waals surface area (Å²) in [6, 6.07) is 53.9. The molecular formula is C42H29N3O. The fraction of sp³-hybridized carbons (Fsp3) is 0.0238. The van der Waals surface area contributed by atoms with Crippen LogP contribution in [-0.4, -0.2) is 15.0 Å². The number of hydrogen-bond acceptors (Lipinski definition) is 4. The molecule has 0 amide bonds. The summed E-state index contributed by atoms with van der Waals surface area (Å²) in [6.07, 6.45) is 0. The number of rotatable bonds is 4. The summed E-state index contributed by atoms with van der Waals surface area (Å²) in [5.41, 5.74) is 7.65. The van der Waals surface area contributed by atoms with Gasteiger partial charge >= 0.3 is 0 Å². The topological polar surface area (TPSA) is 51.8 Å². The molecule has 8 aromatic rings. The number of aryl methyl sites for hydroxylation is 1. The minimum atomic E-state index is 0.601. The summed E-state index contributed by atoms with van der Waals surface area (Å²) in [6.45, 7) is 2.09. The van der Waals surface area contributed by atoms with E-state index in [0.717, 1.165) is 55.1 Å². The second-order valence-electron chi connectivity index (χ2n) is 11.3. The van der Waals surface area contributed by atoms with Gasteiger partial charge in [0.2, 0.25) is 0 Å². The molecule has 6 aromatic carbocycles. The predicted octanol–water partition coefficient (Wildman–Crippen LogP) is 11.0. The minimum Gasteiger partial charge on any atom is -0.455 e. The number of furan rings is 1. The predicted molar refractivity (Wildman–Crippen MR) is 189 cm³/mol. The Morgan fingerprint density at radius 3 is 1.89 bits per heavy atom. The molecule has 0 fully saturated rings. The standard InChI is InChI=1S/C42H29N3O/c1-28-13-4-2-5-16-30(20-10-14-28)34-21-11-22-35-38-36(23-12-24-37(38)46-39(34)35)42-44-40(31-17-6-3-7-18-31)43-41(45-42)33-26-25-29-15-8-9-19-32(29)27-33/h2-27H,1H3. The zero-order valence-electron chi connectivity index (χ0n) is 25.3. The van der Waals surface area contributed by atoms with E-state index in [1.165, 1.54) is 10.9 Å². The fourth-order valence-corrected chi connectivity index (χ4v) is 5.96. The van der Waals surface area contributed by atoms with Gasteiger partial charge in [0.1, 0.15) is 11.2 Å². The summed E-state index contributed by atoms with van der Waals surface area (Å²) in [5, 5.41) is 4.30. The van der Waals surface area contributed by atoms with Crippen molar-refractivity contribution < 1.29 is 4.42 Å². The molecule has 0 aliphatic carbocycles. The highest BCUT2D eigenvalue weighted by Crippen LogP contribution is 2.40. The maximum Gasteiger partial charge on any atom is 0.164 e. The molecule has 8 rings (SSSR count). The first kappa shape index (κ1) is 27.4. The molecule has 4 nitrogen and oxygen atoms in total. The highest BCUT2D eigenvalue weighted by molar-refractivity contribution is 6.15. The quantitative estimate of drug-likeness (QED) is 0.204. The molecule has 0 N–H and O–H groups in total. The molecule has 2 aromatic heterocycles. The van der Waals surface area contributed by atoms with E-state index in [1.807, 2.05) is 48.5 Å². The summed E-state index contributed by atoms with van der Waals surface area (Å²) in [4.78, 5) is 15.1. The minimum absolute atomic E-state index is 0.601. The van der Waals surface area contributed by atoms with Gasteiger partial charge in [-0.05, 0) is 35.4 Å². The van der Waals surface area contributed by atoms with Gasteiger partial charge in [-0.15, -0.1) is 0 Å². The summed E-state index contributed by atoms with van der Waals surface area (Å²) in [7, 11) is 0. The van der Waals surface area contributed by atoms with Crippen LogP contribution in [0.1, 0.15) is 5.56 Å². The lowest BCUT2D eigenvalue weighted by molar-refractivity contribution is 0.670. The second-order valence-corrected chi connectivity index (χ2v) is 11.3. The van der Waals surface area contributed by atoms with Crippen molar-refractivity contribution in [1.29, 1.82) is 0 Å². The average molecular weight is 592 g/mol. The molecule has 0 saturated heterocycles. The second kappa shape index (κ2) is 11.8. The smallest absolute Gasteiger partial charge is 0.164 e. The van der Waals surface area contributed by atoms with E-state index in [1.54, 1.807) is 0 Å². The van der Waals surface area contributed by atoms with Crippen LogP contribution in [0.4, 0.5) is 0 Å². The van der Waals surface area contributed by atoms with Crippen molar-refractivity contribution in [3.8, 4) is 45.3 Å². The average Bonchev–Trinajstić information content (AvgIpc) is 3.50. The number of hydrogen-bond donors (Lipinski definition) is 0. The van der Waals surface area contributed by atoms with Gasteiger partial charge in [-0.25, -0.2) is 15.0 Å². The first-order chi connectivity index (χ1) is 22.7. The lowest BCUT2D eigenvalue weighted by atomic mass is 10.0. The number of fused-ring (bicyclic) bond motifs is 4. The molecule has 2 heterocycles. The van der Waals surface area contributed by atoms with Crippen LogP contribution in [0.2, 0.25) is 0 Å². The Kier molecular flexibility index (Phi) is 7.01. The van der Waals surface area contributed by atoms with E-state index >= 15 is 0 Å². The molecule has 0 unspecified atom stereocenters. The first-order valence-corrected chi connectivity index (χ1v) is 15.4. The van der Waals surface area contributed by atoms with Crippen LogP contribution in [0.25, 0.3) is 78.0 Å². The van der Waals surface area contributed by atoms with Crippen molar-refractivity contribution in [2.45, 2.75) is 6.92 Å². The lowest BCUT2D eigenvalue weighted by Gasteiger charge is -2.10. The van der Waals surface area contributed by atoms with E-state index < -0.39 is 0 Å². The number of para-hydroxylation sites is 1. The van der Waals surface area contributed by atoms with Gasteiger partial charge in [0, 0.05) is 33.0 Å². The van der Waals surface area contributed by atoms with E-state index in [2.05, 4.69) is 116 Å². The molecule has 0 bridgehead atoms. The van der Waals surface area contributed by atoms with Crippen LogP contribution < -0.4 is 0 Å². The first-order valence-electron chi connectivity index (χ1n) is 15.4. The third-order valence-corrected chi connectivity index (χ3v) is 8.24. The Bertz CT molecular complexity index is 2450. The van der Waals surface area contributed by atoms with Crippen molar-refractivity contribution in [2.75, 3.05) is 0 Å². The molecule has 0 atom stereocenters. The van der Waals surface area contributed by atoms with Crippen molar-refractivity contribution in [2.24, 2.45) is 0 Å². The van der Waals surface area contributed by atoms with Crippen molar-refractivity contribution in [3.63, 3.8) is 0 Å². The molecule has 4 heteroatoms. The van der Waals surface area contributed by atoms with Crippen molar-refractivity contribution in [3.05, 3.63) is 163 Å². The zero-order chi connectivity index (χ0) is 30.9. The Morgan fingerprint density at radius 2 is 1.04 bits per heavy atom. The van der Waals surface area contributed by atoms with E-state index in [-0.39, 0.29) is 0 Å². The molecule has 218 valence electrons. The number of aromatic nitrogens is 3. The van der Waals surface area contributed by atoms with Gasteiger partial charge in [0.05, 0.1) is 0 Å². The normalized spacial score (nSPS) is 11.2. The zero-order valence-corrected chi connectivity index (χ0v) is 25.3. The maximum atomic E-state index is 6.63. The highest BCUT2D eigenvalue weighted by Gasteiger charge is 2.19. The monoisotopic (exact) mass is 591 g/mol. The van der Waals surface area contributed by atoms with E-state index in [0.29, 0.717) is 17.5 Å². The SMILES string of the molecule is Cc1cccccc(-c2cccc3c2oc2cccc(-c4nc(-c5ccccc5)nc(-c5ccc6ccccc6c5)n4)c23)ccc1. The van der Waals surface area contributed by atoms with Crippen LogP contribution in [0, 0.1) is 6.92 Å². The Hall–Kier alpha value is -6.13. The van der Waals surface area contributed by atoms with Crippen molar-refractivity contribution >= 4 is 32.7 Å². The van der Waals surface area contributed by atoms with E-state index in [4.69, 9.17) is 19.4 Å². The summed E-state index contributed by atoms with van der Waals surface area (Å²) >= 11 is 0. The lowest BCUT2D eigenvalue weighted by Crippen LogP contribution is -2.00. The van der Waals surface area contributed by atoms with Gasteiger partial charge < -0.3 is 4.42 Å². The molecule has 46 heavy (non-hydrogen) atoms. The van der Waals surface area contributed by atoms with Crippen molar-refractivity contribution in [1.82, 2.24) is 15.0 Å². The molecule has 0 aliphatic rings. The van der Waals surface area contributed by atoms with Gasteiger partial charge in [-0.2, -0.15) is 0 Å². The Morgan fingerprint density at radius 1 is 0.435 bits per heavy atom. The third-order valence-electron chi connectivity index (χ3n) is 8.24. The number of nitrogens with zero attached hydrogens (tertiary/aromatic N) is 3. The van der Waals surface area contributed by atoms with Crippen LogP contribution in [0.3, 0.4) is 0 Å².